The van der Waals surface area contributed by atoms with Crippen molar-refractivity contribution in [3.8, 4) is 5.75 Å². The molecule has 0 radical (unpaired) electrons. The van der Waals surface area contributed by atoms with E-state index in [1.54, 1.807) is 18.3 Å². The van der Waals surface area contributed by atoms with Gasteiger partial charge in [0.25, 0.3) is 5.91 Å². The van der Waals surface area contributed by atoms with Crippen molar-refractivity contribution in [2.75, 3.05) is 24.6 Å². The fourth-order valence-corrected chi connectivity index (χ4v) is 2.83. The fourth-order valence-electron chi connectivity index (χ4n) is 2.83. The molecule has 2 aromatic rings. The van der Waals surface area contributed by atoms with Crippen molar-refractivity contribution in [2.45, 2.75) is 19.8 Å². The summed E-state index contributed by atoms with van der Waals surface area (Å²) < 4.78 is 5.81. The number of rotatable bonds is 5. The zero-order valence-corrected chi connectivity index (χ0v) is 13.8. The molecule has 0 bridgehead atoms. The van der Waals surface area contributed by atoms with Crippen molar-refractivity contribution in [1.29, 1.82) is 0 Å². The Hall–Kier alpha value is -2.63. The van der Waals surface area contributed by atoms with Gasteiger partial charge in [-0.05, 0) is 43.4 Å². The SMILES string of the molecule is Cc1ccc(N2CCC(COc3ccnc(C(N)=O)c3)CC2)nc1. The predicted octanol–water partition coefficient (Wildman–Crippen LogP) is 2.18. The van der Waals surface area contributed by atoms with Crippen molar-refractivity contribution in [1.82, 2.24) is 9.97 Å². The Balaban J connectivity index is 1.50. The van der Waals surface area contributed by atoms with Gasteiger partial charge in [-0.15, -0.1) is 0 Å². The van der Waals surface area contributed by atoms with Crippen molar-refractivity contribution in [3.63, 3.8) is 0 Å². The van der Waals surface area contributed by atoms with Crippen LogP contribution in [0.2, 0.25) is 0 Å². The third-order valence-corrected chi connectivity index (χ3v) is 4.30. The maximum absolute atomic E-state index is 11.1. The number of pyridine rings is 2. The van der Waals surface area contributed by atoms with Gasteiger partial charge < -0.3 is 15.4 Å². The van der Waals surface area contributed by atoms with Gasteiger partial charge in [-0.25, -0.2) is 4.98 Å². The van der Waals surface area contributed by atoms with Crippen molar-refractivity contribution in [2.24, 2.45) is 11.7 Å². The molecule has 3 rings (SSSR count). The van der Waals surface area contributed by atoms with E-state index >= 15 is 0 Å². The zero-order chi connectivity index (χ0) is 16.9. The molecule has 0 atom stereocenters. The number of anilines is 1. The molecule has 0 spiro atoms. The number of ether oxygens (including phenoxy) is 1. The van der Waals surface area contributed by atoms with Gasteiger partial charge in [0.1, 0.15) is 17.3 Å². The third-order valence-electron chi connectivity index (χ3n) is 4.30. The topological polar surface area (TPSA) is 81.3 Å². The number of aryl methyl sites for hydroxylation is 1. The van der Waals surface area contributed by atoms with Crippen LogP contribution in [0.15, 0.2) is 36.7 Å². The molecule has 2 N–H and O–H groups in total. The summed E-state index contributed by atoms with van der Waals surface area (Å²) in [6.07, 6.45) is 5.57. The number of hydrogen-bond acceptors (Lipinski definition) is 5. The largest absolute Gasteiger partial charge is 0.493 e. The first-order valence-corrected chi connectivity index (χ1v) is 8.18. The highest BCUT2D eigenvalue weighted by Crippen LogP contribution is 2.23. The number of carbonyl (C=O) groups is 1. The van der Waals surface area contributed by atoms with E-state index in [-0.39, 0.29) is 5.69 Å². The summed E-state index contributed by atoms with van der Waals surface area (Å²) in [7, 11) is 0. The van der Waals surface area contributed by atoms with Crippen LogP contribution in [0.5, 0.6) is 5.75 Å². The quantitative estimate of drug-likeness (QED) is 0.911. The summed E-state index contributed by atoms with van der Waals surface area (Å²) in [4.78, 5) is 21.9. The molecule has 0 aromatic carbocycles. The number of amides is 1. The second-order valence-corrected chi connectivity index (χ2v) is 6.18. The van der Waals surface area contributed by atoms with Gasteiger partial charge in [-0.3, -0.25) is 9.78 Å². The predicted molar refractivity (Wildman–Crippen MR) is 92.2 cm³/mol. The first kappa shape index (κ1) is 16.2. The van der Waals surface area contributed by atoms with Crippen LogP contribution < -0.4 is 15.4 Å². The van der Waals surface area contributed by atoms with E-state index in [1.165, 1.54) is 5.56 Å². The molecule has 126 valence electrons. The number of hydrogen-bond donors (Lipinski definition) is 1. The summed E-state index contributed by atoms with van der Waals surface area (Å²) in [5.74, 6) is 1.64. The summed E-state index contributed by atoms with van der Waals surface area (Å²) >= 11 is 0. The Kier molecular flexibility index (Phi) is 4.93. The third kappa shape index (κ3) is 4.01. The van der Waals surface area contributed by atoms with E-state index in [0.29, 0.717) is 18.3 Å². The Bertz CT molecular complexity index is 694. The molecule has 1 amide bonds. The maximum Gasteiger partial charge on any atom is 0.267 e. The Morgan fingerprint density at radius 1 is 1.29 bits per heavy atom. The molecule has 1 aliphatic heterocycles. The van der Waals surface area contributed by atoms with E-state index in [1.807, 2.05) is 13.1 Å². The molecular weight excluding hydrogens is 304 g/mol. The number of primary amides is 1. The summed E-state index contributed by atoms with van der Waals surface area (Å²) in [6.45, 7) is 4.64. The summed E-state index contributed by atoms with van der Waals surface area (Å²) in [5, 5.41) is 0. The molecule has 0 saturated carbocycles. The first-order valence-electron chi connectivity index (χ1n) is 8.18. The molecule has 0 aliphatic carbocycles. The van der Waals surface area contributed by atoms with E-state index in [0.717, 1.165) is 31.7 Å². The zero-order valence-electron chi connectivity index (χ0n) is 13.8. The average molecular weight is 326 g/mol. The molecule has 2 aromatic heterocycles. The van der Waals surface area contributed by atoms with Crippen LogP contribution in [0, 0.1) is 12.8 Å². The van der Waals surface area contributed by atoms with Crippen LogP contribution in [0.25, 0.3) is 0 Å². The van der Waals surface area contributed by atoms with Crippen molar-refractivity contribution >= 4 is 11.7 Å². The number of piperidine rings is 1. The Morgan fingerprint density at radius 2 is 2.08 bits per heavy atom. The first-order chi connectivity index (χ1) is 11.6. The highest BCUT2D eigenvalue weighted by Gasteiger charge is 2.20. The molecule has 6 nitrogen and oxygen atoms in total. The monoisotopic (exact) mass is 326 g/mol. The lowest BCUT2D eigenvalue weighted by Gasteiger charge is -2.32. The Labute approximate surface area is 141 Å². The summed E-state index contributed by atoms with van der Waals surface area (Å²) in [5.41, 5.74) is 6.64. The number of nitrogens with zero attached hydrogens (tertiary/aromatic N) is 3. The van der Waals surface area contributed by atoms with Gasteiger partial charge in [0.15, 0.2) is 0 Å². The van der Waals surface area contributed by atoms with Gasteiger partial charge >= 0.3 is 0 Å². The smallest absolute Gasteiger partial charge is 0.267 e. The van der Waals surface area contributed by atoms with Crippen LogP contribution in [-0.2, 0) is 0 Å². The molecule has 6 heteroatoms. The molecule has 1 saturated heterocycles. The van der Waals surface area contributed by atoms with Crippen LogP contribution in [0.3, 0.4) is 0 Å². The van der Waals surface area contributed by atoms with Gasteiger partial charge in [0.05, 0.1) is 6.61 Å². The summed E-state index contributed by atoms with van der Waals surface area (Å²) in [6, 6.07) is 7.51. The van der Waals surface area contributed by atoms with E-state index in [9.17, 15) is 4.79 Å². The normalized spacial score (nSPS) is 15.3. The number of aromatic nitrogens is 2. The van der Waals surface area contributed by atoms with Crippen LogP contribution >= 0.6 is 0 Å². The van der Waals surface area contributed by atoms with E-state index < -0.39 is 5.91 Å². The molecule has 0 unspecified atom stereocenters. The Morgan fingerprint density at radius 3 is 2.75 bits per heavy atom. The highest BCUT2D eigenvalue weighted by atomic mass is 16.5. The minimum atomic E-state index is -0.542. The standard InChI is InChI=1S/C18H22N4O2/c1-13-2-3-17(21-11-13)22-8-5-14(6-9-22)12-24-15-4-7-20-16(10-15)18(19)23/h2-4,7,10-11,14H,5-6,8-9,12H2,1H3,(H2,19,23). The number of nitrogens with two attached hydrogens (primary N) is 1. The minimum Gasteiger partial charge on any atom is -0.493 e. The highest BCUT2D eigenvalue weighted by molar-refractivity contribution is 5.91. The minimum absolute atomic E-state index is 0.229. The number of carbonyl (C=O) groups excluding carboxylic acids is 1. The van der Waals surface area contributed by atoms with Gasteiger partial charge in [-0.1, -0.05) is 6.07 Å². The average Bonchev–Trinajstić information content (AvgIpc) is 2.61. The molecule has 24 heavy (non-hydrogen) atoms. The lowest BCUT2D eigenvalue weighted by Crippen LogP contribution is -2.36. The van der Waals surface area contributed by atoms with Crippen molar-refractivity contribution in [3.05, 3.63) is 47.9 Å². The van der Waals surface area contributed by atoms with Crippen LogP contribution in [-0.4, -0.2) is 35.6 Å². The lowest BCUT2D eigenvalue weighted by atomic mass is 9.98. The van der Waals surface area contributed by atoms with E-state index in [2.05, 4.69) is 27.0 Å². The van der Waals surface area contributed by atoms with E-state index in [4.69, 9.17) is 10.5 Å². The lowest BCUT2D eigenvalue weighted by molar-refractivity contribution is 0.0995. The molecule has 1 aliphatic rings. The van der Waals surface area contributed by atoms with Crippen LogP contribution in [0.4, 0.5) is 5.82 Å². The molecule has 3 heterocycles. The van der Waals surface area contributed by atoms with Crippen LogP contribution in [0.1, 0.15) is 28.9 Å². The maximum atomic E-state index is 11.1. The second kappa shape index (κ2) is 7.29. The second-order valence-electron chi connectivity index (χ2n) is 6.18. The van der Waals surface area contributed by atoms with Crippen molar-refractivity contribution < 1.29 is 9.53 Å². The molecule has 1 fully saturated rings. The van der Waals surface area contributed by atoms with Gasteiger partial charge in [-0.2, -0.15) is 0 Å². The van der Waals surface area contributed by atoms with Gasteiger partial charge in [0, 0.05) is 31.5 Å². The van der Waals surface area contributed by atoms with Gasteiger partial charge in [0.2, 0.25) is 0 Å². The molecular formula is C18H22N4O2. The fraction of sp³-hybridized carbons (Fsp3) is 0.389.